The Morgan fingerprint density at radius 1 is 1.39 bits per heavy atom. The molecule has 0 bridgehead atoms. The maximum absolute atomic E-state index is 11.0. The van der Waals surface area contributed by atoms with Crippen LogP contribution in [0.4, 0.5) is 0 Å². The number of hydrogen-bond donors (Lipinski definition) is 1. The van der Waals surface area contributed by atoms with Gasteiger partial charge in [-0.25, -0.2) is 13.6 Å². The fourth-order valence-corrected chi connectivity index (χ4v) is 3.11. The molecular formula is C12H17BrN2O2S. The van der Waals surface area contributed by atoms with Gasteiger partial charge in [0.05, 0.1) is 5.75 Å². The molecule has 0 radical (unpaired) electrons. The minimum Gasteiger partial charge on any atom is -0.298 e. The number of primary sulfonamides is 1. The van der Waals surface area contributed by atoms with Crippen molar-refractivity contribution in [3.63, 3.8) is 0 Å². The van der Waals surface area contributed by atoms with Crippen molar-refractivity contribution in [2.45, 2.75) is 19.9 Å². The summed E-state index contributed by atoms with van der Waals surface area (Å²) in [4.78, 5) is 2.13. The van der Waals surface area contributed by atoms with E-state index in [1.807, 2.05) is 0 Å². The van der Waals surface area contributed by atoms with Crippen LogP contribution >= 0.6 is 15.9 Å². The molecule has 0 fully saturated rings. The Bertz CT molecular complexity index is 557. The first-order chi connectivity index (χ1) is 8.35. The number of rotatable bonds is 3. The predicted octanol–water partition coefficient (Wildman–Crippen LogP) is 1.40. The van der Waals surface area contributed by atoms with Crippen molar-refractivity contribution in [1.29, 1.82) is 0 Å². The van der Waals surface area contributed by atoms with E-state index in [1.165, 1.54) is 16.7 Å². The van der Waals surface area contributed by atoms with Crippen LogP contribution in [0.2, 0.25) is 0 Å². The van der Waals surface area contributed by atoms with E-state index in [9.17, 15) is 8.42 Å². The van der Waals surface area contributed by atoms with Gasteiger partial charge in [-0.3, -0.25) is 4.90 Å². The summed E-state index contributed by atoms with van der Waals surface area (Å²) in [7, 11) is -3.37. The van der Waals surface area contributed by atoms with E-state index >= 15 is 0 Å². The molecule has 0 atom stereocenters. The normalized spacial score (nSPS) is 16.6. The second-order valence-electron chi connectivity index (χ2n) is 4.76. The number of nitrogens with zero attached hydrogens (tertiary/aromatic N) is 1. The highest BCUT2D eigenvalue weighted by Crippen LogP contribution is 2.26. The molecule has 0 aromatic heterocycles. The van der Waals surface area contributed by atoms with Crippen LogP contribution in [0.3, 0.4) is 0 Å². The highest BCUT2D eigenvalue weighted by molar-refractivity contribution is 9.10. The zero-order chi connectivity index (χ0) is 13.3. The van der Waals surface area contributed by atoms with Crippen LogP contribution in [0.1, 0.15) is 16.7 Å². The molecule has 0 saturated heterocycles. The Labute approximate surface area is 116 Å². The van der Waals surface area contributed by atoms with Crippen molar-refractivity contribution < 1.29 is 8.42 Å². The lowest BCUT2D eigenvalue weighted by Crippen LogP contribution is -2.35. The SMILES string of the molecule is Cc1cc2c(cc1Br)CN(CCS(N)(=O)=O)CC2. The lowest BCUT2D eigenvalue weighted by molar-refractivity contribution is 0.269. The maximum Gasteiger partial charge on any atom is 0.210 e. The first-order valence-electron chi connectivity index (χ1n) is 5.86. The fraction of sp³-hybridized carbons (Fsp3) is 0.500. The minimum atomic E-state index is -3.37. The number of halogens is 1. The summed E-state index contributed by atoms with van der Waals surface area (Å²) in [5, 5.41) is 5.03. The third-order valence-corrected chi connectivity index (χ3v) is 4.87. The first kappa shape index (κ1) is 14.0. The molecule has 1 aliphatic rings. The van der Waals surface area contributed by atoms with Gasteiger partial charge in [0.15, 0.2) is 0 Å². The molecule has 1 heterocycles. The molecule has 4 nitrogen and oxygen atoms in total. The molecule has 2 rings (SSSR count). The summed E-state index contributed by atoms with van der Waals surface area (Å²) in [5.74, 6) is 0.0232. The van der Waals surface area contributed by atoms with E-state index < -0.39 is 10.0 Å². The number of hydrogen-bond acceptors (Lipinski definition) is 3. The molecule has 0 unspecified atom stereocenters. The Hall–Kier alpha value is -0.430. The number of fused-ring (bicyclic) bond motifs is 1. The molecule has 1 aromatic rings. The van der Waals surface area contributed by atoms with Crippen LogP contribution in [0.15, 0.2) is 16.6 Å². The van der Waals surface area contributed by atoms with Crippen molar-refractivity contribution in [2.75, 3.05) is 18.8 Å². The molecule has 0 saturated carbocycles. The summed E-state index contributed by atoms with van der Waals surface area (Å²) in [6.45, 7) is 4.27. The van der Waals surface area contributed by atoms with Gasteiger partial charge in [0.1, 0.15) is 0 Å². The highest BCUT2D eigenvalue weighted by atomic mass is 79.9. The molecule has 1 aliphatic heterocycles. The number of nitrogens with two attached hydrogens (primary N) is 1. The molecule has 0 aliphatic carbocycles. The summed E-state index contributed by atoms with van der Waals surface area (Å²) >= 11 is 3.53. The number of benzene rings is 1. The van der Waals surface area contributed by atoms with Gasteiger partial charge in [-0.1, -0.05) is 22.0 Å². The summed E-state index contributed by atoms with van der Waals surface area (Å²) in [6, 6.07) is 4.34. The Balaban J connectivity index is 2.08. The first-order valence-corrected chi connectivity index (χ1v) is 8.37. The maximum atomic E-state index is 11.0. The van der Waals surface area contributed by atoms with Crippen molar-refractivity contribution >= 4 is 26.0 Å². The Morgan fingerprint density at radius 3 is 2.78 bits per heavy atom. The third-order valence-electron chi connectivity index (χ3n) is 3.26. The molecule has 18 heavy (non-hydrogen) atoms. The lowest BCUT2D eigenvalue weighted by atomic mass is 9.98. The predicted molar refractivity (Wildman–Crippen MR) is 75.8 cm³/mol. The van der Waals surface area contributed by atoms with Crippen molar-refractivity contribution in [3.8, 4) is 0 Å². The van der Waals surface area contributed by atoms with E-state index in [4.69, 9.17) is 5.14 Å². The van der Waals surface area contributed by atoms with Gasteiger partial charge < -0.3 is 0 Å². The monoisotopic (exact) mass is 332 g/mol. The van der Waals surface area contributed by atoms with Crippen LogP contribution in [-0.2, 0) is 23.0 Å². The zero-order valence-corrected chi connectivity index (χ0v) is 12.7. The molecule has 2 N–H and O–H groups in total. The lowest BCUT2D eigenvalue weighted by Gasteiger charge is -2.29. The van der Waals surface area contributed by atoms with Gasteiger partial charge in [-0.2, -0.15) is 0 Å². The van der Waals surface area contributed by atoms with Crippen molar-refractivity contribution in [1.82, 2.24) is 4.90 Å². The Morgan fingerprint density at radius 2 is 2.11 bits per heavy atom. The van der Waals surface area contributed by atoms with Gasteiger partial charge in [0.2, 0.25) is 10.0 Å². The summed E-state index contributed by atoms with van der Waals surface area (Å²) < 4.78 is 23.0. The van der Waals surface area contributed by atoms with E-state index in [1.54, 1.807) is 0 Å². The Kier molecular flexibility index (Phi) is 4.11. The van der Waals surface area contributed by atoms with Gasteiger partial charge in [-0.15, -0.1) is 0 Å². The van der Waals surface area contributed by atoms with E-state index in [2.05, 4.69) is 39.9 Å². The molecule has 0 amide bonds. The average Bonchev–Trinajstić information content (AvgIpc) is 2.27. The largest absolute Gasteiger partial charge is 0.298 e. The van der Waals surface area contributed by atoms with Crippen LogP contribution in [-0.4, -0.2) is 32.2 Å². The second kappa shape index (κ2) is 5.28. The third kappa shape index (κ3) is 3.54. The minimum absolute atomic E-state index is 0.0232. The van der Waals surface area contributed by atoms with Crippen LogP contribution < -0.4 is 5.14 Å². The van der Waals surface area contributed by atoms with Crippen molar-refractivity contribution in [2.24, 2.45) is 5.14 Å². The van der Waals surface area contributed by atoms with Crippen LogP contribution in [0.25, 0.3) is 0 Å². The second-order valence-corrected chi connectivity index (χ2v) is 7.35. The van der Waals surface area contributed by atoms with Crippen LogP contribution in [0, 0.1) is 6.92 Å². The molecule has 6 heteroatoms. The van der Waals surface area contributed by atoms with Gasteiger partial charge in [0.25, 0.3) is 0 Å². The molecule has 100 valence electrons. The zero-order valence-electron chi connectivity index (χ0n) is 10.3. The van der Waals surface area contributed by atoms with E-state index in [0.717, 1.165) is 24.0 Å². The van der Waals surface area contributed by atoms with E-state index in [0.29, 0.717) is 6.54 Å². The fourth-order valence-electron chi connectivity index (χ4n) is 2.21. The number of sulfonamides is 1. The van der Waals surface area contributed by atoms with E-state index in [-0.39, 0.29) is 5.75 Å². The molecule has 1 aromatic carbocycles. The highest BCUT2D eigenvalue weighted by Gasteiger charge is 2.18. The summed E-state index contributed by atoms with van der Waals surface area (Å²) in [5.41, 5.74) is 3.88. The standard InChI is InChI=1S/C12H17BrN2O2S/c1-9-6-10-2-3-15(4-5-18(14,16)17)8-11(10)7-12(9)13/h6-7H,2-5,8H2,1H3,(H2,14,16,17). The van der Waals surface area contributed by atoms with Gasteiger partial charge >= 0.3 is 0 Å². The quantitative estimate of drug-likeness (QED) is 0.910. The topological polar surface area (TPSA) is 63.4 Å². The van der Waals surface area contributed by atoms with Crippen LogP contribution in [0.5, 0.6) is 0 Å². The summed E-state index contributed by atoms with van der Waals surface area (Å²) in [6.07, 6.45) is 0.966. The molecular weight excluding hydrogens is 316 g/mol. The average molecular weight is 333 g/mol. The van der Waals surface area contributed by atoms with Gasteiger partial charge in [-0.05, 0) is 36.1 Å². The van der Waals surface area contributed by atoms with Crippen molar-refractivity contribution in [3.05, 3.63) is 33.3 Å². The molecule has 0 spiro atoms. The smallest absolute Gasteiger partial charge is 0.210 e. The van der Waals surface area contributed by atoms with Gasteiger partial charge in [0, 0.05) is 24.1 Å². The number of aryl methyl sites for hydroxylation is 1.